The third-order valence-electron chi connectivity index (χ3n) is 2.90. The Balaban J connectivity index is 2.25. The Bertz CT molecular complexity index is 533. The monoisotopic (exact) mass is 256 g/mol. The summed E-state index contributed by atoms with van der Waals surface area (Å²) >= 11 is 0. The summed E-state index contributed by atoms with van der Waals surface area (Å²) in [7, 11) is 0. The van der Waals surface area contributed by atoms with Gasteiger partial charge in [-0.05, 0) is 18.4 Å². The van der Waals surface area contributed by atoms with Crippen molar-refractivity contribution in [2.24, 2.45) is 5.92 Å². The standard InChI is InChI=1S/C11H10F2N2O3/c1-5-2-9(5)14-11(16)6-3-8(13)10(15(17)18)4-7(6)12/h3-5,9H,2H2,1H3,(H,14,16). The van der Waals surface area contributed by atoms with Gasteiger partial charge in [-0.25, -0.2) is 4.39 Å². The summed E-state index contributed by atoms with van der Waals surface area (Å²) in [6.07, 6.45) is 0.794. The number of carbonyl (C=O) groups is 1. The van der Waals surface area contributed by atoms with E-state index in [0.717, 1.165) is 6.42 Å². The molecule has 0 aliphatic heterocycles. The van der Waals surface area contributed by atoms with Gasteiger partial charge in [0.05, 0.1) is 16.6 Å². The average molecular weight is 256 g/mol. The number of nitro groups is 1. The van der Waals surface area contributed by atoms with Gasteiger partial charge in [0.2, 0.25) is 5.82 Å². The van der Waals surface area contributed by atoms with Gasteiger partial charge >= 0.3 is 5.69 Å². The molecule has 2 atom stereocenters. The normalized spacial score (nSPS) is 21.5. The van der Waals surface area contributed by atoms with Gasteiger partial charge in [0.25, 0.3) is 5.91 Å². The molecular formula is C11H10F2N2O3. The highest BCUT2D eigenvalue weighted by Crippen LogP contribution is 2.29. The predicted molar refractivity (Wildman–Crippen MR) is 58.0 cm³/mol. The van der Waals surface area contributed by atoms with Crippen molar-refractivity contribution >= 4 is 11.6 Å². The van der Waals surface area contributed by atoms with Gasteiger partial charge in [-0.1, -0.05) is 6.92 Å². The highest BCUT2D eigenvalue weighted by molar-refractivity contribution is 5.95. The minimum atomic E-state index is -1.23. The third-order valence-corrected chi connectivity index (χ3v) is 2.90. The molecule has 7 heteroatoms. The van der Waals surface area contributed by atoms with E-state index < -0.39 is 33.7 Å². The molecule has 1 aromatic carbocycles. The van der Waals surface area contributed by atoms with E-state index in [1.54, 1.807) is 0 Å². The number of hydrogen-bond acceptors (Lipinski definition) is 3. The number of halogens is 2. The lowest BCUT2D eigenvalue weighted by Crippen LogP contribution is -2.27. The number of nitro benzene ring substituents is 1. The molecule has 18 heavy (non-hydrogen) atoms. The fraction of sp³-hybridized carbons (Fsp3) is 0.364. The number of nitrogens with zero attached hydrogens (tertiary/aromatic N) is 1. The number of rotatable bonds is 3. The average Bonchev–Trinajstić information content (AvgIpc) is 2.96. The van der Waals surface area contributed by atoms with E-state index in [4.69, 9.17) is 0 Å². The van der Waals surface area contributed by atoms with Crippen LogP contribution < -0.4 is 5.32 Å². The zero-order valence-electron chi connectivity index (χ0n) is 9.44. The van der Waals surface area contributed by atoms with E-state index in [1.165, 1.54) is 0 Å². The number of carbonyl (C=O) groups excluding carboxylic acids is 1. The van der Waals surface area contributed by atoms with Crippen LogP contribution in [0.3, 0.4) is 0 Å². The van der Waals surface area contributed by atoms with Crippen LogP contribution in [0, 0.1) is 27.7 Å². The molecule has 1 aliphatic carbocycles. The molecule has 0 radical (unpaired) electrons. The zero-order chi connectivity index (χ0) is 13.4. The van der Waals surface area contributed by atoms with Crippen LogP contribution in [-0.2, 0) is 0 Å². The molecule has 1 amide bonds. The number of hydrogen-bond donors (Lipinski definition) is 1. The molecule has 1 saturated carbocycles. The maximum absolute atomic E-state index is 13.5. The van der Waals surface area contributed by atoms with Gasteiger partial charge in [0, 0.05) is 6.04 Å². The predicted octanol–water partition coefficient (Wildman–Crippen LogP) is 2.01. The second-order valence-electron chi connectivity index (χ2n) is 4.33. The zero-order valence-corrected chi connectivity index (χ0v) is 9.44. The van der Waals surface area contributed by atoms with Crippen LogP contribution in [0.15, 0.2) is 12.1 Å². The van der Waals surface area contributed by atoms with Gasteiger partial charge in [-0.3, -0.25) is 14.9 Å². The highest BCUT2D eigenvalue weighted by Gasteiger charge is 2.35. The van der Waals surface area contributed by atoms with E-state index in [0.29, 0.717) is 18.1 Å². The smallest absolute Gasteiger partial charge is 0.307 e. The highest BCUT2D eigenvalue weighted by atomic mass is 19.1. The van der Waals surface area contributed by atoms with Gasteiger partial charge in [-0.15, -0.1) is 0 Å². The molecule has 2 rings (SSSR count). The number of nitrogens with one attached hydrogen (secondary N) is 1. The second kappa shape index (κ2) is 4.32. The SMILES string of the molecule is CC1CC1NC(=O)c1cc(F)c([N+](=O)[O-])cc1F. The van der Waals surface area contributed by atoms with Gasteiger partial charge in [0.15, 0.2) is 0 Å². The van der Waals surface area contributed by atoms with Crippen molar-refractivity contribution in [2.45, 2.75) is 19.4 Å². The fourth-order valence-corrected chi connectivity index (χ4v) is 1.62. The lowest BCUT2D eigenvalue weighted by molar-refractivity contribution is -0.387. The quantitative estimate of drug-likeness (QED) is 0.664. The molecule has 5 nitrogen and oxygen atoms in total. The van der Waals surface area contributed by atoms with E-state index in [-0.39, 0.29) is 6.04 Å². The summed E-state index contributed by atoms with van der Waals surface area (Å²) in [5.41, 5.74) is -1.50. The Morgan fingerprint density at radius 2 is 2.06 bits per heavy atom. The Morgan fingerprint density at radius 1 is 1.44 bits per heavy atom. The molecule has 0 saturated heterocycles. The van der Waals surface area contributed by atoms with Crippen molar-refractivity contribution in [3.05, 3.63) is 39.4 Å². The molecule has 1 N–H and O–H groups in total. The van der Waals surface area contributed by atoms with E-state index in [1.807, 2.05) is 6.92 Å². The van der Waals surface area contributed by atoms with Crippen LogP contribution in [0.4, 0.5) is 14.5 Å². The molecule has 1 aromatic rings. The molecule has 2 unspecified atom stereocenters. The van der Waals surface area contributed by atoms with Crippen LogP contribution in [0.1, 0.15) is 23.7 Å². The summed E-state index contributed by atoms with van der Waals surface area (Å²) in [6, 6.07) is 0.936. The maximum atomic E-state index is 13.5. The van der Waals surface area contributed by atoms with Gasteiger partial charge < -0.3 is 5.32 Å². The minimum Gasteiger partial charge on any atom is -0.349 e. The lowest BCUT2D eigenvalue weighted by Gasteiger charge is -2.05. The topological polar surface area (TPSA) is 72.2 Å². The summed E-state index contributed by atoms with van der Waals surface area (Å²) in [4.78, 5) is 21.0. The molecule has 1 fully saturated rings. The Hall–Kier alpha value is -2.05. The Morgan fingerprint density at radius 3 is 2.56 bits per heavy atom. The van der Waals surface area contributed by atoms with Crippen LogP contribution in [0.25, 0.3) is 0 Å². The van der Waals surface area contributed by atoms with E-state index >= 15 is 0 Å². The summed E-state index contributed by atoms with van der Waals surface area (Å²) in [5.74, 6) is -2.76. The fourth-order valence-electron chi connectivity index (χ4n) is 1.62. The van der Waals surface area contributed by atoms with E-state index in [9.17, 15) is 23.7 Å². The van der Waals surface area contributed by atoms with Crippen LogP contribution in [-0.4, -0.2) is 16.9 Å². The molecule has 0 aromatic heterocycles. The molecule has 0 heterocycles. The minimum absolute atomic E-state index is 0.0323. The van der Waals surface area contributed by atoms with Gasteiger partial charge in [-0.2, -0.15) is 4.39 Å². The number of amides is 1. The summed E-state index contributed by atoms with van der Waals surface area (Å²) < 4.78 is 26.8. The van der Waals surface area contributed by atoms with Crippen LogP contribution in [0.5, 0.6) is 0 Å². The van der Waals surface area contributed by atoms with Crippen molar-refractivity contribution in [1.29, 1.82) is 0 Å². The lowest BCUT2D eigenvalue weighted by atomic mass is 10.1. The first-order chi connectivity index (χ1) is 8.40. The van der Waals surface area contributed by atoms with Crippen LogP contribution >= 0.6 is 0 Å². The number of benzene rings is 1. The van der Waals surface area contributed by atoms with Crippen molar-refractivity contribution < 1.29 is 18.5 Å². The maximum Gasteiger partial charge on any atom is 0.307 e. The summed E-state index contributed by atoms with van der Waals surface area (Å²) in [6.45, 7) is 1.91. The first-order valence-electron chi connectivity index (χ1n) is 5.34. The Labute approximate surface area is 101 Å². The first kappa shape index (κ1) is 12.4. The van der Waals surface area contributed by atoms with Crippen molar-refractivity contribution in [3.63, 3.8) is 0 Å². The Kier molecular flexibility index (Phi) is 2.98. The van der Waals surface area contributed by atoms with Crippen LogP contribution in [0.2, 0.25) is 0 Å². The molecule has 0 spiro atoms. The second-order valence-corrected chi connectivity index (χ2v) is 4.33. The van der Waals surface area contributed by atoms with Crippen molar-refractivity contribution in [3.8, 4) is 0 Å². The largest absolute Gasteiger partial charge is 0.349 e. The van der Waals surface area contributed by atoms with Crippen molar-refractivity contribution in [2.75, 3.05) is 0 Å². The molecule has 1 aliphatic rings. The van der Waals surface area contributed by atoms with E-state index in [2.05, 4.69) is 5.32 Å². The molecule has 96 valence electrons. The van der Waals surface area contributed by atoms with Gasteiger partial charge in [0.1, 0.15) is 5.82 Å². The third kappa shape index (κ3) is 2.29. The van der Waals surface area contributed by atoms with Crippen molar-refractivity contribution in [1.82, 2.24) is 5.32 Å². The summed E-state index contributed by atoms with van der Waals surface area (Å²) in [5, 5.41) is 12.9. The first-order valence-corrected chi connectivity index (χ1v) is 5.34. The molecular weight excluding hydrogens is 246 g/mol. The molecule has 0 bridgehead atoms.